The van der Waals surface area contributed by atoms with Gasteiger partial charge in [0.05, 0.1) is 0 Å². The highest BCUT2D eigenvalue weighted by Gasteiger charge is 2.33. The monoisotopic (exact) mass is 241 g/mol. The average Bonchev–Trinajstić information content (AvgIpc) is 2.73. The van der Waals surface area contributed by atoms with Gasteiger partial charge in [-0.1, -0.05) is 0 Å². The number of nitrogens with one attached hydrogen (secondary N) is 1. The molecule has 17 heavy (non-hydrogen) atoms. The van der Waals surface area contributed by atoms with Gasteiger partial charge in [-0.25, -0.2) is 4.79 Å². The molecule has 0 aliphatic carbocycles. The number of hydrogen-bond acceptors (Lipinski definition) is 3. The first kappa shape index (κ1) is 12.6. The highest BCUT2D eigenvalue weighted by Crippen LogP contribution is 2.18. The average molecular weight is 241 g/mol. The Balaban J connectivity index is 1.79. The lowest BCUT2D eigenvalue weighted by Gasteiger charge is -2.31. The number of carbonyl (C=O) groups is 1. The van der Waals surface area contributed by atoms with Crippen LogP contribution in [0.15, 0.2) is 0 Å². The third kappa shape index (κ3) is 3.10. The maximum Gasteiger partial charge on any atom is 0.320 e. The van der Waals surface area contributed by atoms with Crippen LogP contribution >= 0.6 is 0 Å². The van der Waals surface area contributed by atoms with Crippen molar-refractivity contribution in [1.29, 1.82) is 0 Å². The molecule has 2 fully saturated rings. The molecule has 1 N–H and O–H groups in total. The van der Waals surface area contributed by atoms with Gasteiger partial charge in [-0.05, 0) is 32.4 Å². The van der Waals surface area contributed by atoms with Gasteiger partial charge < -0.3 is 19.9 Å². The van der Waals surface area contributed by atoms with Crippen LogP contribution in [0.1, 0.15) is 19.3 Å². The van der Waals surface area contributed by atoms with Crippen molar-refractivity contribution in [1.82, 2.24) is 15.1 Å². The van der Waals surface area contributed by atoms with Crippen molar-refractivity contribution in [3.63, 3.8) is 0 Å². The molecule has 0 unspecified atom stereocenters. The standard InChI is InChI=1S/C12H23N3O2/c1-17-10-2-7-14-8-9-15(12(14)16)11-3-5-13-6-4-11/h11,13H,2-10H2,1H3. The van der Waals surface area contributed by atoms with E-state index >= 15 is 0 Å². The Morgan fingerprint density at radius 3 is 2.82 bits per heavy atom. The van der Waals surface area contributed by atoms with Crippen LogP contribution in [0, 0.1) is 0 Å². The summed E-state index contributed by atoms with van der Waals surface area (Å²) in [6.07, 6.45) is 3.12. The number of hydrogen-bond donors (Lipinski definition) is 1. The Bertz CT molecular complexity index is 254. The number of piperidine rings is 1. The number of ether oxygens (including phenoxy) is 1. The van der Waals surface area contributed by atoms with Crippen LogP contribution in [0.5, 0.6) is 0 Å². The van der Waals surface area contributed by atoms with Crippen molar-refractivity contribution < 1.29 is 9.53 Å². The molecule has 5 heteroatoms. The van der Waals surface area contributed by atoms with E-state index in [-0.39, 0.29) is 6.03 Å². The van der Waals surface area contributed by atoms with Gasteiger partial charge >= 0.3 is 6.03 Å². The minimum absolute atomic E-state index is 0.230. The first-order chi connectivity index (χ1) is 8.33. The minimum atomic E-state index is 0.230. The van der Waals surface area contributed by atoms with E-state index in [0.717, 1.165) is 58.6 Å². The Kier molecular flexibility index (Phi) is 4.62. The Morgan fingerprint density at radius 1 is 1.35 bits per heavy atom. The number of urea groups is 1. The van der Waals surface area contributed by atoms with E-state index in [2.05, 4.69) is 10.2 Å². The third-order valence-corrected chi connectivity index (χ3v) is 3.65. The predicted octanol–water partition coefficient (Wildman–Crippen LogP) is 0.513. The summed E-state index contributed by atoms with van der Waals surface area (Å²) in [6, 6.07) is 0.684. The largest absolute Gasteiger partial charge is 0.385 e. The van der Waals surface area contributed by atoms with Crippen LogP contribution in [-0.2, 0) is 4.74 Å². The zero-order valence-electron chi connectivity index (χ0n) is 10.7. The van der Waals surface area contributed by atoms with Gasteiger partial charge in [0.2, 0.25) is 0 Å². The molecule has 98 valence electrons. The van der Waals surface area contributed by atoms with Crippen molar-refractivity contribution in [2.75, 3.05) is 46.4 Å². The van der Waals surface area contributed by atoms with Gasteiger partial charge in [0, 0.05) is 39.4 Å². The summed E-state index contributed by atoms with van der Waals surface area (Å²) < 4.78 is 5.02. The van der Waals surface area contributed by atoms with E-state index in [9.17, 15) is 4.79 Å². The van der Waals surface area contributed by atoms with E-state index in [4.69, 9.17) is 4.74 Å². The van der Waals surface area contributed by atoms with Crippen molar-refractivity contribution >= 4 is 6.03 Å². The van der Waals surface area contributed by atoms with Gasteiger partial charge in [-0.3, -0.25) is 0 Å². The molecule has 2 rings (SSSR count). The van der Waals surface area contributed by atoms with Gasteiger partial charge in [-0.2, -0.15) is 0 Å². The van der Waals surface area contributed by atoms with Gasteiger partial charge in [-0.15, -0.1) is 0 Å². The molecule has 0 aromatic rings. The number of nitrogens with zero attached hydrogens (tertiary/aromatic N) is 2. The highest BCUT2D eigenvalue weighted by atomic mass is 16.5. The molecule has 2 aliphatic rings. The second-order valence-corrected chi connectivity index (χ2v) is 4.79. The summed E-state index contributed by atoms with van der Waals surface area (Å²) in [5.41, 5.74) is 0. The van der Waals surface area contributed by atoms with Crippen molar-refractivity contribution in [2.45, 2.75) is 25.3 Å². The molecule has 0 aromatic heterocycles. The molecule has 0 spiro atoms. The number of methoxy groups -OCH3 is 1. The molecular formula is C12H23N3O2. The number of amides is 2. The molecule has 0 bridgehead atoms. The first-order valence-electron chi connectivity index (χ1n) is 6.58. The molecule has 5 nitrogen and oxygen atoms in total. The smallest absolute Gasteiger partial charge is 0.320 e. The summed E-state index contributed by atoms with van der Waals surface area (Å²) in [5, 5.41) is 3.34. The molecule has 2 heterocycles. The topological polar surface area (TPSA) is 44.8 Å². The summed E-state index contributed by atoms with van der Waals surface area (Å²) in [6.45, 7) is 5.42. The summed E-state index contributed by atoms with van der Waals surface area (Å²) in [5.74, 6) is 0. The van der Waals surface area contributed by atoms with Crippen LogP contribution < -0.4 is 5.32 Å². The van der Waals surface area contributed by atoms with E-state index < -0.39 is 0 Å². The lowest BCUT2D eigenvalue weighted by Crippen LogP contribution is -2.45. The van der Waals surface area contributed by atoms with Crippen molar-refractivity contribution in [3.05, 3.63) is 0 Å². The Hall–Kier alpha value is -0.810. The molecular weight excluding hydrogens is 218 g/mol. The van der Waals surface area contributed by atoms with E-state index in [1.807, 2.05) is 4.90 Å². The minimum Gasteiger partial charge on any atom is -0.385 e. The van der Waals surface area contributed by atoms with Crippen LogP contribution in [0.3, 0.4) is 0 Å². The van der Waals surface area contributed by atoms with Gasteiger partial charge in [0.1, 0.15) is 0 Å². The zero-order valence-corrected chi connectivity index (χ0v) is 10.7. The predicted molar refractivity (Wildman–Crippen MR) is 66.1 cm³/mol. The molecule has 0 atom stereocenters. The second kappa shape index (κ2) is 6.21. The van der Waals surface area contributed by atoms with Crippen LogP contribution in [0.25, 0.3) is 0 Å². The normalized spacial score (nSPS) is 22.5. The van der Waals surface area contributed by atoms with Crippen molar-refractivity contribution in [3.8, 4) is 0 Å². The fraction of sp³-hybridized carbons (Fsp3) is 0.917. The van der Waals surface area contributed by atoms with Crippen LogP contribution in [-0.4, -0.2) is 68.3 Å². The molecule has 2 amide bonds. The van der Waals surface area contributed by atoms with E-state index in [1.54, 1.807) is 7.11 Å². The molecule has 0 saturated carbocycles. The molecule has 2 saturated heterocycles. The SMILES string of the molecule is COCCCN1CCN(C2CCNCC2)C1=O. The van der Waals surface area contributed by atoms with Crippen LogP contribution in [0.4, 0.5) is 4.79 Å². The molecule has 0 aromatic carbocycles. The lowest BCUT2D eigenvalue weighted by molar-refractivity contribution is 0.157. The van der Waals surface area contributed by atoms with Crippen LogP contribution in [0.2, 0.25) is 0 Å². The summed E-state index contributed by atoms with van der Waals surface area (Å²) >= 11 is 0. The van der Waals surface area contributed by atoms with E-state index in [0.29, 0.717) is 6.04 Å². The lowest BCUT2D eigenvalue weighted by atomic mass is 10.1. The molecule has 0 radical (unpaired) electrons. The maximum absolute atomic E-state index is 12.2. The maximum atomic E-state index is 12.2. The number of carbonyl (C=O) groups excluding carboxylic acids is 1. The third-order valence-electron chi connectivity index (χ3n) is 3.65. The number of rotatable bonds is 5. The summed E-state index contributed by atoms with van der Waals surface area (Å²) in [4.78, 5) is 16.2. The van der Waals surface area contributed by atoms with Gasteiger partial charge in [0.25, 0.3) is 0 Å². The molecule has 2 aliphatic heterocycles. The highest BCUT2D eigenvalue weighted by molar-refractivity contribution is 5.76. The Labute approximate surface area is 103 Å². The first-order valence-corrected chi connectivity index (χ1v) is 6.58. The fourth-order valence-electron chi connectivity index (χ4n) is 2.67. The quantitative estimate of drug-likeness (QED) is 0.713. The Morgan fingerprint density at radius 2 is 2.12 bits per heavy atom. The fourth-order valence-corrected chi connectivity index (χ4v) is 2.67. The van der Waals surface area contributed by atoms with Crippen molar-refractivity contribution in [2.24, 2.45) is 0 Å². The van der Waals surface area contributed by atoms with Gasteiger partial charge in [0.15, 0.2) is 0 Å². The summed E-state index contributed by atoms with van der Waals surface area (Å²) in [7, 11) is 1.70. The van der Waals surface area contributed by atoms with E-state index in [1.165, 1.54) is 0 Å². The zero-order chi connectivity index (χ0) is 12.1. The second-order valence-electron chi connectivity index (χ2n) is 4.79.